The van der Waals surface area contributed by atoms with Crippen LogP contribution in [0.4, 0.5) is 0 Å². The summed E-state index contributed by atoms with van der Waals surface area (Å²) in [5, 5.41) is 322. The molecule has 0 spiro atoms. The summed E-state index contributed by atoms with van der Waals surface area (Å²) < 4.78 is 113. The average Bonchev–Trinajstić information content (AvgIpc) is 0.806. The van der Waals surface area contributed by atoms with Crippen LogP contribution < -0.4 is 21.3 Å². The Labute approximate surface area is 695 Å². The lowest BCUT2D eigenvalue weighted by Gasteiger charge is -2.52. The van der Waals surface area contributed by atoms with Crippen molar-refractivity contribution < 1.29 is 252 Å². The Balaban J connectivity index is 1.03. The molecular weight excluding hydrogens is 1690 g/mol. The number of amides is 4. The van der Waals surface area contributed by atoms with Crippen molar-refractivity contribution in [3.8, 4) is 0 Å². The van der Waals surface area contributed by atoms with Crippen LogP contribution in [0.5, 0.6) is 0 Å². The molecule has 0 aromatic carbocycles. The Kier molecular flexibility index (Phi) is 36.4. The molecule has 10 heterocycles. The summed E-state index contributed by atoms with van der Waals surface area (Å²) >= 11 is 0. The number of carbonyl (C=O) groups excluding carboxylic acids is 4. The van der Waals surface area contributed by atoms with Crippen LogP contribution >= 0.6 is 0 Å². The molecule has 0 aromatic rings. The molecular formula is C68H114N4O51. The third-order valence-corrected chi connectivity index (χ3v) is 22.5. The molecule has 10 aliphatic rings. The first-order valence-corrected chi connectivity index (χ1v) is 39.1. The molecule has 0 aromatic heterocycles. The van der Waals surface area contributed by atoms with Crippen LogP contribution in [0.3, 0.4) is 0 Å². The largest absolute Gasteiger partial charge is 0.394 e. The minimum absolute atomic E-state index is 0.811. The molecule has 0 unspecified atom stereocenters. The Bertz CT molecular complexity index is 3310. The second kappa shape index (κ2) is 44.3. The van der Waals surface area contributed by atoms with Crippen molar-refractivity contribution in [3.63, 3.8) is 0 Å². The summed E-state index contributed by atoms with van der Waals surface area (Å²) in [6.07, 6.45) is -98.4. The third kappa shape index (κ3) is 22.4. The van der Waals surface area contributed by atoms with E-state index >= 15 is 0 Å². The van der Waals surface area contributed by atoms with Gasteiger partial charge < -0.3 is 254 Å². The van der Waals surface area contributed by atoms with E-state index in [1.165, 1.54) is 0 Å². The summed E-state index contributed by atoms with van der Waals surface area (Å²) in [5.74, 6) is -3.73. The van der Waals surface area contributed by atoms with Crippen LogP contribution in [-0.2, 0) is 109 Å². The number of carbonyl (C=O) groups is 4. The molecule has 10 rings (SSSR count). The zero-order valence-electron chi connectivity index (χ0n) is 65.9. The zero-order chi connectivity index (χ0) is 90.5. The topological polar surface area (TPSA) is 858 Å². The molecule has 0 aliphatic carbocycles. The Morgan fingerprint density at radius 1 is 0.211 bits per heavy atom. The van der Waals surface area contributed by atoms with E-state index in [-0.39, 0.29) is 0 Å². The van der Waals surface area contributed by atoms with Gasteiger partial charge in [0, 0.05) is 27.7 Å². The number of aliphatic hydroxyl groups is 28. The lowest BCUT2D eigenvalue weighted by atomic mass is 9.93. The standard InChI is InChI=1S/C68H114N4O51/c1-15(81)69-29-40(92)52(23(9-77)107-59(29)104)117-61-31(71-17(3)83)42(94)54(25(11-79)112-61)120-67-51(103)57(38(90)28(116-67)14-106-64-50(102)56(121-66-48(100)45(97)36(88)22(8-76)111-66)37(89)27(115-64)13-105-63-46(98)43(95)34(86)20(6-74)109-63)122-68-58(123-60-30(70-16(2)82)39(91)33(85)19(5-73)108-60)49(101)55(26(12-80)114-68)118-62-32(72-18(4)84)41(93)53(24(10-78)113-62)119-65-47(99)44(96)35(87)21(7-75)110-65/h19-68,73-80,85-104H,5-14H2,1-4H3,(H,69,81)(H,70,82)(H,71,83)(H,72,84)/t19-,20-,21-,22-,23-,24-,25-,26-,27-,28-,29-,30-,31-,32-,33-,34-,35+,36-,37-,38-,39-,40-,41-,42-,43+,44+,45+,46+,47-,48+,49+,50+,51+,52-,53-,54-,55-,56+,57+,58+,59-,60+,61+,62+,63+,64+,65+,66-,67+,68-/m1/s1. The number of ether oxygens (including phenoxy) is 19. The molecule has 10 saturated heterocycles. The quantitative estimate of drug-likeness (QED) is 0.0297. The van der Waals surface area contributed by atoms with Gasteiger partial charge >= 0.3 is 0 Å². The lowest BCUT2D eigenvalue weighted by Crippen LogP contribution is -2.71. The zero-order valence-corrected chi connectivity index (χ0v) is 65.9. The summed E-state index contributed by atoms with van der Waals surface area (Å²) in [5.41, 5.74) is 0. The number of rotatable bonds is 32. The summed E-state index contributed by atoms with van der Waals surface area (Å²) in [6.45, 7) is -7.48. The predicted molar refractivity (Wildman–Crippen MR) is 376 cm³/mol. The number of nitrogens with one attached hydrogen (secondary N) is 4. The molecule has 10 fully saturated rings. The Morgan fingerprint density at radius 2 is 0.447 bits per heavy atom. The van der Waals surface area contributed by atoms with E-state index in [1.807, 2.05) is 0 Å². The molecule has 123 heavy (non-hydrogen) atoms. The fourth-order valence-corrected chi connectivity index (χ4v) is 15.9. The molecule has 55 heteroatoms. The van der Waals surface area contributed by atoms with Gasteiger partial charge in [-0.25, -0.2) is 0 Å². The van der Waals surface area contributed by atoms with Crippen molar-refractivity contribution in [1.82, 2.24) is 21.3 Å². The van der Waals surface area contributed by atoms with E-state index in [4.69, 9.17) is 90.0 Å². The highest BCUT2D eigenvalue weighted by atomic mass is 16.8. The monoisotopic (exact) mass is 1800 g/mol. The Morgan fingerprint density at radius 3 is 0.829 bits per heavy atom. The highest BCUT2D eigenvalue weighted by Gasteiger charge is 2.62. The fraction of sp³-hybridized carbons (Fsp3) is 0.941. The van der Waals surface area contributed by atoms with E-state index in [9.17, 15) is 162 Å². The molecule has 55 nitrogen and oxygen atoms in total. The van der Waals surface area contributed by atoms with Gasteiger partial charge in [-0.1, -0.05) is 0 Å². The first kappa shape index (κ1) is 101. The van der Waals surface area contributed by atoms with Crippen LogP contribution in [0.1, 0.15) is 27.7 Å². The number of hydrogen-bond acceptors (Lipinski definition) is 51. The predicted octanol–water partition coefficient (Wildman–Crippen LogP) is -22.2. The minimum Gasteiger partial charge on any atom is -0.394 e. The van der Waals surface area contributed by atoms with Crippen molar-refractivity contribution in [2.24, 2.45) is 0 Å². The Hall–Kier alpha value is -4.00. The molecule has 4 amide bonds. The summed E-state index contributed by atoms with van der Waals surface area (Å²) in [4.78, 5) is 51.3. The smallest absolute Gasteiger partial charge is 0.217 e. The molecule has 0 bridgehead atoms. The van der Waals surface area contributed by atoms with Gasteiger partial charge in [0.15, 0.2) is 62.9 Å². The molecule has 10 aliphatic heterocycles. The second-order valence-electron chi connectivity index (χ2n) is 31.0. The van der Waals surface area contributed by atoms with Gasteiger partial charge in [0.05, 0.1) is 66.1 Å². The van der Waals surface area contributed by atoms with Crippen molar-refractivity contribution in [1.29, 1.82) is 0 Å². The van der Waals surface area contributed by atoms with Crippen LogP contribution in [-0.4, -0.2) is 539 Å². The van der Waals surface area contributed by atoms with Crippen LogP contribution in [0.25, 0.3) is 0 Å². The lowest BCUT2D eigenvalue weighted by molar-refractivity contribution is -0.404. The molecule has 50 atom stereocenters. The van der Waals surface area contributed by atoms with E-state index in [0.717, 1.165) is 27.7 Å². The van der Waals surface area contributed by atoms with Crippen LogP contribution in [0, 0.1) is 0 Å². The first-order valence-electron chi connectivity index (χ1n) is 39.1. The van der Waals surface area contributed by atoms with Gasteiger partial charge in [0.25, 0.3) is 0 Å². The van der Waals surface area contributed by atoms with Crippen LogP contribution in [0.2, 0.25) is 0 Å². The van der Waals surface area contributed by atoms with E-state index in [2.05, 4.69) is 21.3 Å². The first-order chi connectivity index (χ1) is 58.2. The second-order valence-corrected chi connectivity index (χ2v) is 31.0. The van der Waals surface area contributed by atoms with Gasteiger partial charge in [-0.2, -0.15) is 0 Å². The highest BCUT2D eigenvalue weighted by Crippen LogP contribution is 2.41. The molecule has 32 N–H and O–H groups in total. The molecule has 0 radical (unpaired) electrons. The maximum Gasteiger partial charge on any atom is 0.217 e. The normalized spacial score (nSPS) is 49.4. The van der Waals surface area contributed by atoms with Gasteiger partial charge in [0.2, 0.25) is 23.6 Å². The summed E-state index contributed by atoms with van der Waals surface area (Å²) in [6, 6.07) is -7.60. The molecule has 0 saturated carbocycles. The van der Waals surface area contributed by atoms with E-state index in [0.29, 0.717) is 0 Å². The van der Waals surface area contributed by atoms with E-state index < -0.39 is 397 Å². The van der Waals surface area contributed by atoms with Crippen molar-refractivity contribution in [2.75, 3.05) is 66.1 Å². The van der Waals surface area contributed by atoms with Crippen molar-refractivity contribution >= 4 is 23.6 Å². The van der Waals surface area contributed by atoms with E-state index in [1.54, 1.807) is 0 Å². The summed E-state index contributed by atoms with van der Waals surface area (Å²) in [7, 11) is 0. The van der Waals surface area contributed by atoms with Gasteiger partial charge in [-0.05, 0) is 0 Å². The molecule has 712 valence electrons. The van der Waals surface area contributed by atoms with Gasteiger partial charge in [-0.3, -0.25) is 19.2 Å². The fourth-order valence-electron chi connectivity index (χ4n) is 15.9. The SMILES string of the molecule is CC(=O)N[C@@H]1[C@@H](O)[C@H](O[C@@H]2O[C@H](CO)[C@@H](O[C@@H]3O[C@H](CO[C@H]4O[C@H](CO[C@H]5O[C@H](CO)[C@@H](O)[C@H](O)[C@@H]5O)[C@@H](O)[C@H](O[C@H]5O[C@H](CO)[C@@H](O)[C@H](O)[C@@H]5O)[C@@H]4O)[C@@H](O)[C@H](O[C@H]4O[C@H](CO)[C@@H](O[C@@H]5O[C@H](CO)[C@@H](O[C@@H]6O[C@H](CO)[C@H](O)[C@H](O)[C@H]6O)[C@H](O)[C@H]5NC(C)=O)[C@H](O)[C@@H]4O[C@@H]4O[C@H](CO)[C@@H](O)[C@H](O)[C@H]4NC(C)=O)[C@@H]3O)[C@H](O)[C@H]2NC(C)=O)[C@@H](CO)O[C@H]1O. The van der Waals surface area contributed by atoms with Gasteiger partial charge in [0.1, 0.15) is 244 Å². The maximum absolute atomic E-state index is 13.1. The third-order valence-electron chi connectivity index (χ3n) is 22.5. The maximum atomic E-state index is 13.1. The number of hydrogen-bond donors (Lipinski definition) is 32. The van der Waals surface area contributed by atoms with Gasteiger partial charge in [-0.15, -0.1) is 0 Å². The minimum atomic E-state index is -2.68. The average molecular weight is 1800 g/mol. The highest BCUT2D eigenvalue weighted by molar-refractivity contribution is 5.74. The van der Waals surface area contributed by atoms with Crippen LogP contribution in [0.15, 0.2) is 0 Å². The number of aliphatic hydroxyl groups excluding tert-OH is 28. The van der Waals surface area contributed by atoms with Crippen molar-refractivity contribution in [2.45, 2.75) is 335 Å². The van der Waals surface area contributed by atoms with Crippen molar-refractivity contribution in [3.05, 3.63) is 0 Å².